The highest BCUT2D eigenvalue weighted by Crippen LogP contribution is 2.36. The minimum absolute atomic E-state index is 0.262. The predicted molar refractivity (Wildman–Crippen MR) is 101 cm³/mol. The zero-order valence-corrected chi connectivity index (χ0v) is 15.7. The lowest BCUT2D eigenvalue weighted by Gasteiger charge is -2.15. The van der Waals surface area contributed by atoms with Crippen LogP contribution in [0.15, 0.2) is 36.4 Å². The number of aliphatic hydroxyl groups is 1. The molecular weight excluding hydrogens is 379 g/mol. The third-order valence-corrected chi connectivity index (χ3v) is 4.10. The summed E-state index contributed by atoms with van der Waals surface area (Å²) in [7, 11) is 1.48. The largest absolute Gasteiger partial charge is 0.493 e. The summed E-state index contributed by atoms with van der Waals surface area (Å²) in [5, 5.41) is 14.3. The van der Waals surface area contributed by atoms with Gasteiger partial charge in [0.15, 0.2) is 18.1 Å². The van der Waals surface area contributed by atoms with Gasteiger partial charge in [-0.25, -0.2) is 0 Å². The summed E-state index contributed by atoms with van der Waals surface area (Å²) in [6, 6.07) is 10.5. The van der Waals surface area contributed by atoms with Gasteiger partial charge >= 0.3 is 0 Å². The van der Waals surface area contributed by atoms with Crippen molar-refractivity contribution < 1.29 is 19.4 Å². The lowest BCUT2D eigenvalue weighted by Crippen LogP contribution is -2.21. The van der Waals surface area contributed by atoms with Gasteiger partial charge in [-0.15, -0.1) is 0 Å². The zero-order valence-electron chi connectivity index (χ0n) is 14.2. The molecule has 1 amide bonds. The first kappa shape index (κ1) is 20.3. The average Bonchev–Trinajstić information content (AvgIpc) is 2.60. The van der Waals surface area contributed by atoms with E-state index in [0.29, 0.717) is 28.9 Å². The Morgan fingerprint density at radius 1 is 1.27 bits per heavy atom. The van der Waals surface area contributed by atoms with Crippen LogP contribution in [0, 0.1) is 0 Å². The van der Waals surface area contributed by atoms with Gasteiger partial charge in [0.25, 0.3) is 5.91 Å². The number of benzene rings is 2. The van der Waals surface area contributed by atoms with E-state index in [1.807, 2.05) is 0 Å². The van der Waals surface area contributed by atoms with Gasteiger partial charge in [0, 0.05) is 18.1 Å². The molecule has 8 heteroatoms. The van der Waals surface area contributed by atoms with E-state index in [1.165, 1.54) is 7.11 Å². The van der Waals surface area contributed by atoms with E-state index in [1.54, 1.807) is 36.4 Å². The number of carbonyl (C=O) groups excluding carboxylic acids is 1. The summed E-state index contributed by atoms with van der Waals surface area (Å²) in [6.07, 6.45) is -0.664. The normalized spacial score (nSPS) is 11.8. The summed E-state index contributed by atoms with van der Waals surface area (Å²) in [6.45, 7) is 0.513. The number of methoxy groups -OCH3 is 1. The van der Waals surface area contributed by atoms with E-state index in [2.05, 4.69) is 5.32 Å². The molecule has 0 fully saturated rings. The molecule has 1 atom stereocenters. The number of halogens is 2. The highest BCUT2D eigenvalue weighted by Gasteiger charge is 2.13. The zero-order chi connectivity index (χ0) is 19.1. The lowest BCUT2D eigenvalue weighted by atomic mass is 10.1. The molecule has 2 rings (SSSR count). The molecule has 6 nitrogen and oxygen atoms in total. The monoisotopic (exact) mass is 398 g/mol. The van der Waals surface area contributed by atoms with Crippen LogP contribution in [0.1, 0.15) is 17.2 Å². The van der Waals surface area contributed by atoms with E-state index >= 15 is 0 Å². The van der Waals surface area contributed by atoms with Crippen LogP contribution >= 0.6 is 23.2 Å². The fourth-order valence-corrected chi connectivity index (χ4v) is 2.73. The Balaban J connectivity index is 1.97. The van der Waals surface area contributed by atoms with E-state index in [0.717, 1.165) is 11.1 Å². The Hall–Kier alpha value is -1.99. The third kappa shape index (κ3) is 5.78. The van der Waals surface area contributed by atoms with Crippen molar-refractivity contribution in [3.63, 3.8) is 0 Å². The van der Waals surface area contributed by atoms with Gasteiger partial charge < -0.3 is 25.6 Å². The molecular formula is C18H20Cl2N2O4. The lowest BCUT2D eigenvalue weighted by molar-refractivity contribution is -0.119. The number of nitrogens with one attached hydrogen (secondary N) is 1. The van der Waals surface area contributed by atoms with Crippen LogP contribution in [0.2, 0.25) is 10.0 Å². The second-order valence-electron chi connectivity index (χ2n) is 5.56. The van der Waals surface area contributed by atoms with Crippen LogP contribution < -0.4 is 20.5 Å². The number of carbonyl (C=O) groups is 1. The van der Waals surface area contributed by atoms with Crippen LogP contribution in [0.3, 0.4) is 0 Å². The molecule has 4 N–H and O–H groups in total. The molecule has 0 bridgehead atoms. The molecule has 0 saturated carbocycles. The third-order valence-electron chi connectivity index (χ3n) is 3.57. The Kier molecular flexibility index (Phi) is 7.53. The molecule has 2 aromatic rings. The first-order chi connectivity index (χ1) is 12.4. The van der Waals surface area contributed by atoms with Crippen molar-refractivity contribution in [2.45, 2.75) is 12.6 Å². The number of aliphatic hydroxyl groups excluding tert-OH is 1. The van der Waals surface area contributed by atoms with Crippen molar-refractivity contribution in [1.82, 2.24) is 5.32 Å². The van der Waals surface area contributed by atoms with E-state index in [-0.39, 0.29) is 12.4 Å². The molecule has 0 aliphatic carbocycles. The fraction of sp³-hybridized carbons (Fsp3) is 0.278. The minimum Gasteiger partial charge on any atom is -0.493 e. The molecule has 1 unspecified atom stereocenters. The minimum atomic E-state index is -0.664. The SMILES string of the molecule is COc1cc(CNCC(O)c2ccc(Cl)cc2)cc(Cl)c1OCC(N)=O. The number of rotatable bonds is 9. The summed E-state index contributed by atoms with van der Waals surface area (Å²) >= 11 is 12.0. The van der Waals surface area contributed by atoms with Gasteiger partial charge in [-0.05, 0) is 35.4 Å². The number of ether oxygens (including phenoxy) is 2. The quantitative estimate of drug-likeness (QED) is 0.603. The summed E-state index contributed by atoms with van der Waals surface area (Å²) in [4.78, 5) is 10.9. The first-order valence-electron chi connectivity index (χ1n) is 7.82. The van der Waals surface area contributed by atoms with Crippen LogP contribution in [0.4, 0.5) is 0 Å². The topological polar surface area (TPSA) is 93.8 Å². The van der Waals surface area contributed by atoms with Crippen molar-refractivity contribution in [2.75, 3.05) is 20.3 Å². The Labute approximate surface area is 161 Å². The van der Waals surface area contributed by atoms with Crippen molar-refractivity contribution in [1.29, 1.82) is 0 Å². The molecule has 26 heavy (non-hydrogen) atoms. The number of primary amides is 1. The van der Waals surface area contributed by atoms with E-state index < -0.39 is 12.0 Å². The Morgan fingerprint density at radius 2 is 1.96 bits per heavy atom. The number of amides is 1. The Bertz CT molecular complexity index is 754. The average molecular weight is 399 g/mol. The van der Waals surface area contributed by atoms with Gasteiger partial charge in [-0.3, -0.25) is 4.79 Å². The number of hydrogen-bond acceptors (Lipinski definition) is 5. The van der Waals surface area contributed by atoms with Crippen LogP contribution in [0.25, 0.3) is 0 Å². The molecule has 0 heterocycles. The maximum atomic E-state index is 10.9. The van der Waals surface area contributed by atoms with Gasteiger partial charge in [-0.1, -0.05) is 35.3 Å². The van der Waals surface area contributed by atoms with Gasteiger partial charge in [0.1, 0.15) is 0 Å². The molecule has 0 spiro atoms. The van der Waals surface area contributed by atoms with Gasteiger partial charge in [-0.2, -0.15) is 0 Å². The molecule has 0 radical (unpaired) electrons. The van der Waals surface area contributed by atoms with Crippen LogP contribution in [-0.4, -0.2) is 31.3 Å². The maximum Gasteiger partial charge on any atom is 0.255 e. The van der Waals surface area contributed by atoms with Gasteiger partial charge in [0.2, 0.25) is 0 Å². The summed E-state index contributed by atoms with van der Waals surface area (Å²) in [5.74, 6) is 0.0526. The fourth-order valence-electron chi connectivity index (χ4n) is 2.31. The standard InChI is InChI=1S/C18H20Cl2N2O4/c1-25-16-7-11(6-14(20)18(16)26-10-17(21)24)8-22-9-15(23)12-2-4-13(19)5-3-12/h2-7,15,22-23H,8-10H2,1H3,(H2,21,24). The molecule has 0 saturated heterocycles. The smallest absolute Gasteiger partial charge is 0.255 e. The summed E-state index contributed by atoms with van der Waals surface area (Å²) in [5.41, 5.74) is 6.68. The summed E-state index contributed by atoms with van der Waals surface area (Å²) < 4.78 is 10.5. The van der Waals surface area contributed by atoms with Gasteiger partial charge in [0.05, 0.1) is 18.2 Å². The highest BCUT2D eigenvalue weighted by molar-refractivity contribution is 6.32. The second kappa shape index (κ2) is 9.64. The molecule has 0 aliphatic heterocycles. The number of hydrogen-bond donors (Lipinski definition) is 3. The highest BCUT2D eigenvalue weighted by atomic mass is 35.5. The van der Waals surface area contributed by atoms with Crippen molar-refractivity contribution >= 4 is 29.1 Å². The predicted octanol–water partition coefficient (Wildman–Crippen LogP) is 2.69. The molecule has 140 valence electrons. The molecule has 0 aromatic heterocycles. The molecule has 0 aliphatic rings. The second-order valence-corrected chi connectivity index (χ2v) is 6.41. The van der Waals surface area contributed by atoms with Crippen LogP contribution in [-0.2, 0) is 11.3 Å². The van der Waals surface area contributed by atoms with Crippen molar-refractivity contribution in [2.24, 2.45) is 5.73 Å². The van der Waals surface area contributed by atoms with Crippen LogP contribution in [0.5, 0.6) is 11.5 Å². The van der Waals surface area contributed by atoms with E-state index in [4.69, 9.17) is 38.4 Å². The van der Waals surface area contributed by atoms with Crippen molar-refractivity contribution in [3.05, 3.63) is 57.6 Å². The first-order valence-corrected chi connectivity index (χ1v) is 8.58. The van der Waals surface area contributed by atoms with Crippen molar-refractivity contribution in [3.8, 4) is 11.5 Å². The maximum absolute atomic E-state index is 10.9. The van der Waals surface area contributed by atoms with E-state index in [9.17, 15) is 9.90 Å². The number of nitrogens with two attached hydrogens (primary N) is 1. The Morgan fingerprint density at radius 3 is 2.58 bits per heavy atom. The molecule has 2 aromatic carbocycles.